The summed E-state index contributed by atoms with van der Waals surface area (Å²) in [6.07, 6.45) is 3.53. The summed E-state index contributed by atoms with van der Waals surface area (Å²) in [6, 6.07) is 10.2. The molecule has 1 fully saturated rings. The first-order valence-electron chi connectivity index (χ1n) is 9.88. The molecule has 2 aromatic heterocycles. The molecule has 0 radical (unpaired) electrons. The van der Waals surface area contributed by atoms with Gasteiger partial charge >= 0.3 is 0 Å². The van der Waals surface area contributed by atoms with E-state index < -0.39 is 10.0 Å². The Kier molecular flexibility index (Phi) is 5.31. The van der Waals surface area contributed by atoms with Crippen LogP contribution in [0.1, 0.15) is 30.0 Å². The number of benzene rings is 1. The minimum atomic E-state index is -3.57. The molecular weight excluding hydrogens is 388 g/mol. The van der Waals surface area contributed by atoms with E-state index in [1.807, 2.05) is 24.4 Å². The van der Waals surface area contributed by atoms with Crippen LogP contribution in [0.5, 0.6) is 0 Å². The molecule has 0 saturated carbocycles. The highest BCUT2D eigenvalue weighted by Gasteiger charge is 2.34. The fraction of sp³-hybridized carbons (Fsp3) is 0.429. The summed E-state index contributed by atoms with van der Waals surface area (Å²) in [5.41, 5.74) is 2.64. The lowest BCUT2D eigenvalue weighted by Crippen LogP contribution is -2.39. The largest absolute Gasteiger partial charge is 0.360 e. The summed E-state index contributed by atoms with van der Waals surface area (Å²) in [7, 11) is -3.57. The van der Waals surface area contributed by atoms with Crippen molar-refractivity contribution in [2.75, 3.05) is 13.1 Å². The van der Waals surface area contributed by atoms with Crippen LogP contribution in [-0.4, -0.2) is 40.5 Å². The number of rotatable bonds is 5. The molecule has 1 aliphatic heterocycles. The molecule has 0 atom stereocenters. The first-order valence-corrected chi connectivity index (χ1v) is 11.3. The predicted octanol–water partition coefficient (Wildman–Crippen LogP) is 3.56. The maximum atomic E-state index is 13.0. The molecule has 0 amide bonds. The third kappa shape index (κ3) is 3.74. The van der Waals surface area contributed by atoms with Gasteiger partial charge in [-0.15, -0.1) is 0 Å². The van der Waals surface area contributed by atoms with Gasteiger partial charge in [0.05, 0.1) is 0 Å². The molecule has 1 saturated heterocycles. The van der Waals surface area contributed by atoms with Crippen LogP contribution >= 0.6 is 0 Å². The lowest BCUT2D eigenvalue weighted by Gasteiger charge is -2.31. The Labute approximate surface area is 171 Å². The van der Waals surface area contributed by atoms with Gasteiger partial charge in [0.15, 0.2) is 5.76 Å². The van der Waals surface area contributed by atoms with E-state index in [9.17, 15) is 8.42 Å². The minimum Gasteiger partial charge on any atom is -0.360 e. The first-order chi connectivity index (χ1) is 13.9. The van der Waals surface area contributed by atoms with Crippen LogP contribution in [-0.2, 0) is 16.6 Å². The van der Waals surface area contributed by atoms with Gasteiger partial charge < -0.3 is 9.09 Å². The highest BCUT2D eigenvalue weighted by Crippen LogP contribution is 2.29. The molecule has 1 aliphatic rings. The molecule has 7 nitrogen and oxygen atoms in total. The van der Waals surface area contributed by atoms with Crippen molar-refractivity contribution in [1.29, 1.82) is 0 Å². The van der Waals surface area contributed by atoms with Crippen LogP contribution in [0, 0.1) is 26.7 Å². The maximum Gasteiger partial charge on any atom is 0.248 e. The Morgan fingerprint density at radius 2 is 1.79 bits per heavy atom. The van der Waals surface area contributed by atoms with Crippen molar-refractivity contribution in [3.05, 3.63) is 53.7 Å². The molecule has 3 aromatic rings. The second-order valence-electron chi connectivity index (χ2n) is 7.70. The third-order valence-corrected chi connectivity index (χ3v) is 7.81. The van der Waals surface area contributed by atoms with E-state index in [1.54, 1.807) is 18.2 Å². The SMILES string of the molecule is Cc1noc(C)c1S(=O)(=O)N1CCC(Cn2c(C)cnc2-c2ccccc2)CC1. The van der Waals surface area contributed by atoms with Gasteiger partial charge in [-0.3, -0.25) is 0 Å². The highest BCUT2D eigenvalue weighted by molar-refractivity contribution is 7.89. The molecule has 0 unspecified atom stereocenters. The highest BCUT2D eigenvalue weighted by atomic mass is 32.2. The summed E-state index contributed by atoms with van der Waals surface area (Å²) >= 11 is 0. The van der Waals surface area contributed by atoms with E-state index >= 15 is 0 Å². The van der Waals surface area contributed by atoms with Crippen molar-refractivity contribution in [2.45, 2.75) is 45.1 Å². The summed E-state index contributed by atoms with van der Waals surface area (Å²) in [5, 5.41) is 3.80. The van der Waals surface area contributed by atoms with Crippen LogP contribution in [0.15, 0.2) is 45.9 Å². The zero-order valence-electron chi connectivity index (χ0n) is 17.0. The van der Waals surface area contributed by atoms with Crippen LogP contribution in [0.25, 0.3) is 11.4 Å². The Morgan fingerprint density at radius 1 is 1.10 bits per heavy atom. The molecule has 0 N–H and O–H groups in total. The smallest absolute Gasteiger partial charge is 0.248 e. The van der Waals surface area contributed by atoms with E-state index in [0.29, 0.717) is 30.5 Å². The molecule has 1 aromatic carbocycles. The summed E-state index contributed by atoms with van der Waals surface area (Å²) in [6.45, 7) is 7.23. The molecule has 0 bridgehead atoms. The number of nitrogens with zero attached hydrogens (tertiary/aromatic N) is 4. The number of imidazole rings is 1. The average molecular weight is 415 g/mol. The number of aryl methyl sites for hydroxylation is 3. The normalized spacial score (nSPS) is 16.4. The quantitative estimate of drug-likeness (QED) is 0.638. The van der Waals surface area contributed by atoms with Gasteiger partial charge in [-0.05, 0) is 39.5 Å². The van der Waals surface area contributed by atoms with Crippen LogP contribution in [0.4, 0.5) is 0 Å². The predicted molar refractivity (Wildman–Crippen MR) is 110 cm³/mol. The molecule has 8 heteroatoms. The van der Waals surface area contributed by atoms with Crippen molar-refractivity contribution in [2.24, 2.45) is 5.92 Å². The van der Waals surface area contributed by atoms with Gasteiger partial charge in [0.1, 0.15) is 16.4 Å². The van der Waals surface area contributed by atoms with E-state index in [0.717, 1.165) is 36.5 Å². The molecular formula is C21H26N4O3S. The molecule has 3 heterocycles. The fourth-order valence-electron chi connectivity index (χ4n) is 4.07. The zero-order valence-corrected chi connectivity index (χ0v) is 17.8. The number of sulfonamides is 1. The fourth-order valence-corrected chi connectivity index (χ4v) is 5.83. The van der Waals surface area contributed by atoms with Gasteiger partial charge in [0.2, 0.25) is 10.0 Å². The number of hydrogen-bond donors (Lipinski definition) is 0. The van der Waals surface area contributed by atoms with Crippen LogP contribution in [0.2, 0.25) is 0 Å². The lowest BCUT2D eigenvalue weighted by molar-refractivity contribution is 0.252. The second-order valence-corrected chi connectivity index (χ2v) is 9.58. The zero-order chi connectivity index (χ0) is 20.6. The molecule has 4 rings (SSSR count). The Balaban J connectivity index is 1.47. The number of aromatic nitrogens is 3. The van der Waals surface area contributed by atoms with E-state index in [1.165, 1.54) is 0 Å². The van der Waals surface area contributed by atoms with Crippen LogP contribution in [0.3, 0.4) is 0 Å². The number of hydrogen-bond acceptors (Lipinski definition) is 5. The monoisotopic (exact) mass is 414 g/mol. The van der Waals surface area contributed by atoms with Crippen molar-refractivity contribution in [3.8, 4) is 11.4 Å². The Bertz CT molecular complexity index is 1070. The summed E-state index contributed by atoms with van der Waals surface area (Å²) in [5.74, 6) is 1.72. The Hall–Kier alpha value is -2.45. The second kappa shape index (κ2) is 7.76. The standard InChI is InChI=1S/C21H26N4O3S/c1-15-13-22-21(19-7-5-4-6-8-19)25(15)14-18-9-11-24(12-10-18)29(26,27)20-16(2)23-28-17(20)3/h4-8,13,18H,9-12,14H2,1-3H3. The third-order valence-electron chi connectivity index (χ3n) is 5.67. The minimum absolute atomic E-state index is 0.216. The molecule has 29 heavy (non-hydrogen) atoms. The van der Waals surface area contributed by atoms with Gasteiger partial charge in [-0.25, -0.2) is 13.4 Å². The van der Waals surface area contributed by atoms with E-state index in [2.05, 4.69) is 33.8 Å². The average Bonchev–Trinajstić information content (AvgIpc) is 3.25. The number of piperidine rings is 1. The van der Waals surface area contributed by atoms with E-state index in [-0.39, 0.29) is 4.90 Å². The topological polar surface area (TPSA) is 81.2 Å². The van der Waals surface area contributed by atoms with Crippen LogP contribution < -0.4 is 0 Å². The van der Waals surface area contributed by atoms with Gasteiger partial charge in [0, 0.05) is 37.1 Å². The van der Waals surface area contributed by atoms with Gasteiger partial charge in [0.25, 0.3) is 0 Å². The van der Waals surface area contributed by atoms with Gasteiger partial charge in [-0.2, -0.15) is 4.31 Å². The molecule has 0 aliphatic carbocycles. The summed E-state index contributed by atoms with van der Waals surface area (Å²) in [4.78, 5) is 4.81. The Morgan fingerprint density at radius 3 is 2.41 bits per heavy atom. The summed E-state index contributed by atoms with van der Waals surface area (Å²) < 4.78 is 34.9. The van der Waals surface area contributed by atoms with Gasteiger partial charge in [-0.1, -0.05) is 35.5 Å². The molecule has 154 valence electrons. The van der Waals surface area contributed by atoms with E-state index in [4.69, 9.17) is 4.52 Å². The van der Waals surface area contributed by atoms with Crippen molar-refractivity contribution in [1.82, 2.24) is 19.0 Å². The van der Waals surface area contributed by atoms with Crippen molar-refractivity contribution >= 4 is 10.0 Å². The maximum absolute atomic E-state index is 13.0. The lowest BCUT2D eigenvalue weighted by atomic mass is 9.98. The first kappa shape index (κ1) is 19.8. The van der Waals surface area contributed by atoms with Crippen molar-refractivity contribution < 1.29 is 12.9 Å². The van der Waals surface area contributed by atoms with Crippen molar-refractivity contribution in [3.63, 3.8) is 0 Å². The molecule has 0 spiro atoms.